The highest BCUT2D eigenvalue weighted by Gasteiger charge is 2.25. The zero-order chi connectivity index (χ0) is 10.6. The normalized spacial score (nSPS) is 13.9. The molecule has 0 heterocycles. The minimum atomic E-state index is -0.881. The third-order valence-corrected chi connectivity index (χ3v) is 1.85. The van der Waals surface area contributed by atoms with Crippen molar-refractivity contribution in [3.8, 4) is 0 Å². The number of hydrogen-bond donors (Lipinski definition) is 2. The molecule has 4 nitrogen and oxygen atoms in total. The topological polar surface area (TPSA) is 66.6 Å². The minimum Gasteiger partial charge on any atom is -0.465 e. The Kier molecular flexibility index (Phi) is 4.20. The van der Waals surface area contributed by atoms with E-state index in [4.69, 9.17) is 10.8 Å². The summed E-state index contributed by atoms with van der Waals surface area (Å²) in [6.07, 6.45) is -0.183. The molecular weight excluding hydrogens is 168 g/mol. The van der Waals surface area contributed by atoms with Gasteiger partial charge in [-0.1, -0.05) is 0 Å². The zero-order valence-electron chi connectivity index (χ0n) is 8.87. The van der Waals surface area contributed by atoms with E-state index in [1.54, 1.807) is 0 Å². The lowest BCUT2D eigenvalue weighted by atomic mass is 10.1. The fourth-order valence-electron chi connectivity index (χ4n) is 1.05. The van der Waals surface area contributed by atoms with E-state index in [1.165, 1.54) is 4.90 Å². The van der Waals surface area contributed by atoms with Crippen LogP contribution in [0.1, 0.15) is 34.1 Å². The van der Waals surface area contributed by atoms with Crippen LogP contribution in [0.2, 0.25) is 0 Å². The lowest BCUT2D eigenvalue weighted by Crippen LogP contribution is -2.46. The molecule has 0 fully saturated rings. The predicted molar refractivity (Wildman–Crippen MR) is 52.8 cm³/mol. The molecule has 1 amide bonds. The van der Waals surface area contributed by atoms with E-state index in [9.17, 15) is 4.79 Å². The van der Waals surface area contributed by atoms with E-state index in [1.807, 2.05) is 27.7 Å². The molecule has 4 heteroatoms. The van der Waals surface area contributed by atoms with Crippen molar-refractivity contribution in [3.63, 3.8) is 0 Å². The van der Waals surface area contributed by atoms with Crippen molar-refractivity contribution in [2.45, 2.75) is 45.7 Å². The highest BCUT2D eigenvalue weighted by molar-refractivity contribution is 5.65. The Morgan fingerprint density at radius 1 is 1.54 bits per heavy atom. The van der Waals surface area contributed by atoms with Crippen LogP contribution in [-0.2, 0) is 0 Å². The Bertz CT molecular complexity index is 173. The van der Waals surface area contributed by atoms with Crippen molar-refractivity contribution in [3.05, 3.63) is 0 Å². The Morgan fingerprint density at radius 2 is 2.00 bits per heavy atom. The molecule has 0 aliphatic carbocycles. The van der Waals surface area contributed by atoms with Crippen LogP contribution in [0.4, 0.5) is 4.79 Å². The zero-order valence-corrected chi connectivity index (χ0v) is 8.87. The summed E-state index contributed by atoms with van der Waals surface area (Å²) < 4.78 is 0. The number of rotatable bonds is 3. The molecule has 13 heavy (non-hydrogen) atoms. The van der Waals surface area contributed by atoms with E-state index < -0.39 is 6.09 Å². The first-order chi connectivity index (χ1) is 5.75. The summed E-state index contributed by atoms with van der Waals surface area (Å²) in [5, 5.41) is 8.91. The summed E-state index contributed by atoms with van der Waals surface area (Å²) in [6.45, 7) is 8.01. The highest BCUT2D eigenvalue weighted by Crippen LogP contribution is 2.13. The molecule has 0 rings (SSSR count). The lowest BCUT2D eigenvalue weighted by Gasteiger charge is -2.33. The number of carbonyl (C=O) groups is 1. The number of hydrogen-bond acceptors (Lipinski definition) is 2. The van der Waals surface area contributed by atoms with Gasteiger partial charge >= 0.3 is 6.09 Å². The largest absolute Gasteiger partial charge is 0.465 e. The molecule has 0 aliphatic heterocycles. The van der Waals surface area contributed by atoms with Gasteiger partial charge in [-0.3, -0.25) is 0 Å². The number of nitrogens with zero attached hydrogens (tertiary/aromatic N) is 1. The molecule has 0 radical (unpaired) electrons. The Hall–Kier alpha value is -0.770. The number of carboxylic acid groups (broad SMARTS) is 1. The van der Waals surface area contributed by atoms with Crippen LogP contribution in [-0.4, -0.2) is 34.2 Å². The first-order valence-electron chi connectivity index (χ1n) is 4.51. The van der Waals surface area contributed by atoms with Crippen LogP contribution < -0.4 is 5.73 Å². The molecule has 1 atom stereocenters. The molecule has 0 aliphatic rings. The summed E-state index contributed by atoms with van der Waals surface area (Å²) in [4.78, 5) is 12.3. The third kappa shape index (κ3) is 4.72. The SMILES string of the molecule is CC(N)CCN(C(=O)O)C(C)(C)C. The predicted octanol–water partition coefficient (Wildman–Crippen LogP) is 1.50. The molecule has 0 saturated carbocycles. The standard InChI is InChI=1S/C9H20N2O2/c1-7(10)5-6-11(8(12)13)9(2,3)4/h7H,5-6,10H2,1-4H3,(H,12,13). The van der Waals surface area contributed by atoms with Crippen LogP contribution in [0.25, 0.3) is 0 Å². The van der Waals surface area contributed by atoms with Crippen LogP contribution in [0.15, 0.2) is 0 Å². The maximum atomic E-state index is 10.8. The molecule has 0 aromatic carbocycles. The summed E-state index contributed by atoms with van der Waals surface area (Å²) in [5.41, 5.74) is 5.22. The molecule has 0 aromatic heterocycles. The highest BCUT2D eigenvalue weighted by atomic mass is 16.4. The summed E-state index contributed by atoms with van der Waals surface area (Å²) in [5.74, 6) is 0. The van der Waals surface area contributed by atoms with Gasteiger partial charge in [-0.05, 0) is 34.1 Å². The number of amides is 1. The molecule has 3 N–H and O–H groups in total. The quantitative estimate of drug-likeness (QED) is 0.705. The van der Waals surface area contributed by atoms with Gasteiger partial charge in [-0.15, -0.1) is 0 Å². The van der Waals surface area contributed by atoms with Gasteiger partial charge in [0.15, 0.2) is 0 Å². The van der Waals surface area contributed by atoms with Crippen molar-refractivity contribution in [2.24, 2.45) is 5.73 Å². The Labute approximate surface area is 79.7 Å². The molecule has 0 saturated heterocycles. The average molecular weight is 188 g/mol. The van der Waals surface area contributed by atoms with Crippen molar-refractivity contribution in [1.82, 2.24) is 4.90 Å². The van der Waals surface area contributed by atoms with Crippen molar-refractivity contribution >= 4 is 6.09 Å². The smallest absolute Gasteiger partial charge is 0.407 e. The average Bonchev–Trinajstić information content (AvgIpc) is 1.81. The molecule has 78 valence electrons. The lowest BCUT2D eigenvalue weighted by molar-refractivity contribution is 0.0986. The molecule has 0 aromatic rings. The second-order valence-corrected chi connectivity index (χ2v) is 4.37. The van der Waals surface area contributed by atoms with E-state index in [0.717, 1.165) is 0 Å². The maximum absolute atomic E-state index is 10.8. The van der Waals surface area contributed by atoms with Gasteiger partial charge in [0.05, 0.1) is 0 Å². The van der Waals surface area contributed by atoms with Crippen LogP contribution in [0.5, 0.6) is 0 Å². The molecule has 1 unspecified atom stereocenters. The maximum Gasteiger partial charge on any atom is 0.407 e. The van der Waals surface area contributed by atoms with E-state index >= 15 is 0 Å². The van der Waals surface area contributed by atoms with E-state index in [0.29, 0.717) is 13.0 Å². The van der Waals surface area contributed by atoms with E-state index in [2.05, 4.69) is 0 Å². The summed E-state index contributed by atoms with van der Waals surface area (Å²) in [7, 11) is 0. The van der Waals surface area contributed by atoms with Gasteiger partial charge in [0.2, 0.25) is 0 Å². The minimum absolute atomic E-state index is 0.0456. The van der Waals surface area contributed by atoms with Gasteiger partial charge < -0.3 is 15.7 Å². The van der Waals surface area contributed by atoms with Gasteiger partial charge in [-0.25, -0.2) is 4.79 Å². The van der Waals surface area contributed by atoms with Crippen molar-refractivity contribution in [2.75, 3.05) is 6.54 Å². The van der Waals surface area contributed by atoms with Crippen molar-refractivity contribution in [1.29, 1.82) is 0 Å². The van der Waals surface area contributed by atoms with Crippen molar-refractivity contribution < 1.29 is 9.90 Å². The monoisotopic (exact) mass is 188 g/mol. The van der Waals surface area contributed by atoms with Gasteiger partial charge in [0, 0.05) is 18.1 Å². The molecule has 0 spiro atoms. The number of nitrogens with two attached hydrogens (primary N) is 1. The van der Waals surface area contributed by atoms with Crippen LogP contribution in [0.3, 0.4) is 0 Å². The van der Waals surface area contributed by atoms with E-state index in [-0.39, 0.29) is 11.6 Å². The molecule has 0 bridgehead atoms. The first-order valence-corrected chi connectivity index (χ1v) is 4.51. The van der Waals surface area contributed by atoms with Crippen LogP contribution >= 0.6 is 0 Å². The van der Waals surface area contributed by atoms with Gasteiger partial charge in [0.25, 0.3) is 0 Å². The summed E-state index contributed by atoms with van der Waals surface area (Å²) in [6, 6.07) is 0.0456. The third-order valence-electron chi connectivity index (χ3n) is 1.85. The van der Waals surface area contributed by atoms with Gasteiger partial charge in [0.1, 0.15) is 0 Å². The first kappa shape index (κ1) is 12.2. The fraction of sp³-hybridized carbons (Fsp3) is 0.889. The van der Waals surface area contributed by atoms with Crippen LogP contribution in [0, 0.1) is 0 Å². The molecular formula is C9H20N2O2. The Morgan fingerprint density at radius 3 is 2.23 bits per heavy atom. The summed E-state index contributed by atoms with van der Waals surface area (Å²) >= 11 is 0. The van der Waals surface area contributed by atoms with Gasteiger partial charge in [-0.2, -0.15) is 0 Å². The Balaban J connectivity index is 4.20. The second-order valence-electron chi connectivity index (χ2n) is 4.37. The fourth-order valence-corrected chi connectivity index (χ4v) is 1.05. The second kappa shape index (κ2) is 4.46.